The van der Waals surface area contributed by atoms with E-state index in [4.69, 9.17) is 0 Å². The van der Waals surface area contributed by atoms with Crippen LogP contribution >= 0.6 is 0 Å². The normalized spacial score (nSPS) is 19.9. The van der Waals surface area contributed by atoms with Gasteiger partial charge < -0.3 is 0 Å². The van der Waals surface area contributed by atoms with Gasteiger partial charge in [-0.25, -0.2) is 0 Å². The Morgan fingerprint density at radius 3 is 1.47 bits per heavy atom. The van der Waals surface area contributed by atoms with Crippen LogP contribution in [0.3, 0.4) is 0 Å². The Labute approximate surface area is 237 Å². The standard InChI is InChI=1S/C27H29F15O/c1-2-3-4-5-16-6-8-17(9-7-16)10-11-18-12-14-19(15-13-18)20(43)21(28,29)22(30,31)23(32,33)24(34,35)25(36,37)26(38,39)27(40,41)42/h12-17H,2-11H2,1H3. The Kier molecular flexibility index (Phi) is 10.9. The van der Waals surface area contributed by atoms with Crippen LogP contribution in [-0.2, 0) is 6.42 Å². The highest BCUT2D eigenvalue weighted by molar-refractivity contribution is 6.02. The van der Waals surface area contributed by atoms with Gasteiger partial charge in [-0.2, -0.15) is 65.9 Å². The summed E-state index contributed by atoms with van der Waals surface area (Å²) in [5, 5.41) is 0. The SMILES string of the molecule is CCCCCC1CCC(CCc2ccc(C(=O)C(F)(F)C(F)(F)C(F)(F)C(F)(F)C(F)(F)C(F)(F)C(F)(F)F)cc2)CC1. The van der Waals surface area contributed by atoms with E-state index in [9.17, 15) is 70.7 Å². The van der Waals surface area contributed by atoms with Gasteiger partial charge in [0.05, 0.1) is 0 Å². The van der Waals surface area contributed by atoms with Crippen LogP contribution in [0, 0.1) is 11.8 Å². The van der Waals surface area contributed by atoms with Gasteiger partial charge in [0.15, 0.2) is 0 Å². The summed E-state index contributed by atoms with van der Waals surface area (Å²) in [4.78, 5) is 12.0. The Morgan fingerprint density at radius 1 is 0.605 bits per heavy atom. The number of halogens is 15. The number of rotatable bonds is 14. The number of hydrogen-bond acceptors (Lipinski definition) is 1. The minimum atomic E-state index is -8.43. The molecule has 0 N–H and O–H groups in total. The Morgan fingerprint density at radius 2 is 1.02 bits per heavy atom. The third-order valence-corrected chi connectivity index (χ3v) is 7.85. The summed E-state index contributed by atoms with van der Waals surface area (Å²) in [5.74, 6) is -50.3. The molecule has 0 bridgehead atoms. The molecule has 248 valence electrons. The molecule has 1 fully saturated rings. The average Bonchev–Trinajstić information content (AvgIpc) is 2.91. The van der Waals surface area contributed by atoms with Crippen molar-refractivity contribution < 1.29 is 70.7 Å². The van der Waals surface area contributed by atoms with Crippen molar-refractivity contribution in [2.24, 2.45) is 11.8 Å². The maximum Gasteiger partial charge on any atom is 0.460 e. The molecule has 1 saturated carbocycles. The Balaban J connectivity index is 2.17. The molecule has 0 heterocycles. The number of carbonyl (C=O) groups is 1. The van der Waals surface area contributed by atoms with E-state index < -0.39 is 53.1 Å². The first-order valence-corrected chi connectivity index (χ1v) is 13.4. The second-order valence-electron chi connectivity index (χ2n) is 10.9. The molecular weight excluding hydrogens is 625 g/mol. The van der Waals surface area contributed by atoms with Gasteiger partial charge in [-0.05, 0) is 30.2 Å². The number of ketones is 1. The zero-order valence-electron chi connectivity index (χ0n) is 22.6. The van der Waals surface area contributed by atoms with E-state index in [1.807, 2.05) is 0 Å². The van der Waals surface area contributed by atoms with Crippen molar-refractivity contribution >= 4 is 5.78 Å². The number of benzene rings is 1. The van der Waals surface area contributed by atoms with Crippen molar-refractivity contribution in [3.05, 3.63) is 35.4 Å². The molecule has 0 unspecified atom stereocenters. The number of alkyl halides is 15. The lowest BCUT2D eigenvalue weighted by Crippen LogP contribution is -2.73. The molecule has 1 aromatic carbocycles. The monoisotopic (exact) mass is 654 g/mol. The summed E-state index contributed by atoms with van der Waals surface area (Å²) in [7, 11) is 0. The molecule has 1 aliphatic rings. The van der Waals surface area contributed by atoms with Gasteiger partial charge in [-0.15, -0.1) is 0 Å². The van der Waals surface area contributed by atoms with Crippen molar-refractivity contribution in [1.29, 1.82) is 0 Å². The largest absolute Gasteiger partial charge is 0.460 e. The van der Waals surface area contributed by atoms with Crippen LogP contribution in [0.15, 0.2) is 24.3 Å². The highest BCUT2D eigenvalue weighted by Gasteiger charge is 2.93. The zero-order chi connectivity index (χ0) is 33.3. The fraction of sp³-hybridized carbons (Fsp3) is 0.741. The summed E-state index contributed by atoms with van der Waals surface area (Å²) in [5.41, 5.74) is -1.07. The number of aryl methyl sites for hydroxylation is 1. The van der Waals surface area contributed by atoms with Gasteiger partial charge in [-0.1, -0.05) is 82.6 Å². The Bertz CT molecular complexity index is 1070. The molecule has 0 aromatic heterocycles. The first-order valence-electron chi connectivity index (χ1n) is 13.4. The van der Waals surface area contributed by atoms with Crippen molar-refractivity contribution in [2.75, 3.05) is 0 Å². The van der Waals surface area contributed by atoms with Gasteiger partial charge in [0.25, 0.3) is 0 Å². The van der Waals surface area contributed by atoms with E-state index in [0.717, 1.165) is 63.5 Å². The predicted octanol–water partition coefficient (Wildman–Crippen LogP) is 10.6. The summed E-state index contributed by atoms with van der Waals surface area (Å²) in [6, 6.07) is 2.86. The number of carbonyl (C=O) groups excluding carboxylic acids is 1. The summed E-state index contributed by atoms with van der Waals surface area (Å²) in [6.45, 7) is 2.10. The van der Waals surface area contributed by atoms with Crippen LogP contribution < -0.4 is 0 Å². The van der Waals surface area contributed by atoms with E-state index >= 15 is 0 Å². The van der Waals surface area contributed by atoms with Gasteiger partial charge in [-0.3, -0.25) is 4.79 Å². The lowest BCUT2D eigenvalue weighted by Gasteiger charge is -2.41. The smallest absolute Gasteiger partial charge is 0.287 e. The predicted molar refractivity (Wildman–Crippen MR) is 124 cm³/mol. The second kappa shape index (κ2) is 12.7. The lowest BCUT2D eigenvalue weighted by atomic mass is 9.78. The molecule has 1 aliphatic carbocycles. The molecule has 0 spiro atoms. The first-order chi connectivity index (χ1) is 19.4. The lowest BCUT2D eigenvalue weighted by molar-refractivity contribution is -0.449. The van der Waals surface area contributed by atoms with Gasteiger partial charge in [0.2, 0.25) is 5.78 Å². The van der Waals surface area contributed by atoms with Gasteiger partial charge in [0.1, 0.15) is 0 Å². The van der Waals surface area contributed by atoms with E-state index in [2.05, 4.69) is 6.92 Å². The van der Waals surface area contributed by atoms with E-state index in [0.29, 0.717) is 42.4 Å². The van der Waals surface area contributed by atoms with Crippen molar-refractivity contribution in [3.63, 3.8) is 0 Å². The molecule has 0 atom stereocenters. The van der Waals surface area contributed by atoms with Gasteiger partial charge >= 0.3 is 41.7 Å². The fourth-order valence-electron chi connectivity index (χ4n) is 4.98. The second-order valence-corrected chi connectivity index (χ2v) is 10.9. The summed E-state index contributed by atoms with van der Waals surface area (Å²) < 4.78 is 201. The minimum Gasteiger partial charge on any atom is -0.287 e. The first kappa shape index (κ1) is 37.0. The molecule has 1 nitrogen and oxygen atoms in total. The van der Waals surface area contributed by atoms with E-state index in [-0.39, 0.29) is 0 Å². The fourth-order valence-corrected chi connectivity index (χ4v) is 4.98. The van der Waals surface area contributed by atoms with Crippen LogP contribution in [0.2, 0.25) is 0 Å². The maximum absolute atomic E-state index is 14.3. The molecule has 0 saturated heterocycles. The zero-order valence-corrected chi connectivity index (χ0v) is 22.6. The molecule has 2 rings (SSSR count). The van der Waals surface area contributed by atoms with Crippen LogP contribution in [0.25, 0.3) is 0 Å². The number of hydrogen-bond donors (Lipinski definition) is 0. The molecule has 43 heavy (non-hydrogen) atoms. The van der Waals surface area contributed by atoms with Crippen LogP contribution in [-0.4, -0.2) is 47.5 Å². The van der Waals surface area contributed by atoms with Crippen molar-refractivity contribution in [1.82, 2.24) is 0 Å². The quantitative estimate of drug-likeness (QED) is 0.111. The number of unbranched alkanes of at least 4 members (excludes halogenated alkanes) is 2. The van der Waals surface area contributed by atoms with E-state index in [1.54, 1.807) is 0 Å². The highest BCUT2D eigenvalue weighted by atomic mass is 19.4. The molecule has 0 aliphatic heterocycles. The molecule has 0 radical (unpaired) electrons. The molecule has 0 amide bonds. The maximum atomic E-state index is 14.3. The topological polar surface area (TPSA) is 17.1 Å². The minimum absolute atomic E-state index is 0.318. The van der Waals surface area contributed by atoms with Crippen LogP contribution in [0.5, 0.6) is 0 Å². The molecular formula is C27H29F15O. The number of Topliss-reactive ketones (excluding diaryl/α,β-unsaturated/α-hetero) is 1. The average molecular weight is 654 g/mol. The summed E-state index contributed by atoms with van der Waals surface area (Å²) in [6.07, 6.45) is 1.71. The summed E-state index contributed by atoms with van der Waals surface area (Å²) >= 11 is 0. The highest BCUT2D eigenvalue weighted by Crippen LogP contribution is 2.62. The Hall–Kier alpha value is -2.16. The van der Waals surface area contributed by atoms with Crippen LogP contribution in [0.1, 0.15) is 80.6 Å². The van der Waals surface area contributed by atoms with E-state index in [1.165, 1.54) is 0 Å². The molecule has 1 aromatic rings. The molecule has 16 heteroatoms. The third-order valence-electron chi connectivity index (χ3n) is 7.85. The van der Waals surface area contributed by atoms with Gasteiger partial charge in [0, 0.05) is 5.56 Å². The van der Waals surface area contributed by atoms with Crippen molar-refractivity contribution in [2.45, 2.75) is 113 Å². The van der Waals surface area contributed by atoms with Crippen LogP contribution in [0.4, 0.5) is 65.9 Å². The van der Waals surface area contributed by atoms with Crippen molar-refractivity contribution in [3.8, 4) is 0 Å². The third kappa shape index (κ3) is 6.76.